The minimum atomic E-state index is 0. The molecule has 2 fully saturated rings. The lowest BCUT2D eigenvalue weighted by molar-refractivity contribution is -0.135. The Morgan fingerprint density at radius 2 is 2.07 bits per heavy atom. The van der Waals surface area contributed by atoms with Crippen molar-refractivity contribution in [2.24, 2.45) is 10.9 Å². The average molecular weight is 503 g/mol. The van der Waals surface area contributed by atoms with Crippen molar-refractivity contribution in [3.63, 3.8) is 0 Å². The number of likely N-dealkylation sites (tertiary alicyclic amines) is 1. The molecule has 1 amide bonds. The van der Waals surface area contributed by atoms with E-state index >= 15 is 0 Å². The summed E-state index contributed by atoms with van der Waals surface area (Å²) in [6, 6.07) is 0.268. The maximum atomic E-state index is 12.7. The van der Waals surface area contributed by atoms with Gasteiger partial charge in [-0.15, -0.1) is 34.2 Å². The Kier molecular flexibility index (Phi) is 9.46. The number of amides is 1. The van der Waals surface area contributed by atoms with E-state index in [1.807, 2.05) is 4.90 Å². The molecule has 1 unspecified atom stereocenters. The zero-order chi connectivity index (χ0) is 19.1. The van der Waals surface area contributed by atoms with Gasteiger partial charge in [0.2, 0.25) is 5.91 Å². The lowest BCUT2D eigenvalue weighted by Gasteiger charge is -2.26. The Morgan fingerprint density at radius 3 is 2.79 bits per heavy atom. The quantitative estimate of drug-likeness (QED) is 0.351. The molecule has 0 bridgehead atoms. The number of hydrogen-bond donors (Lipinski definition) is 2. The molecule has 158 valence electrons. The van der Waals surface area contributed by atoms with Gasteiger partial charge >= 0.3 is 0 Å². The van der Waals surface area contributed by atoms with E-state index in [0.717, 1.165) is 63.6 Å². The third-order valence-corrected chi connectivity index (χ3v) is 5.68. The van der Waals surface area contributed by atoms with Crippen molar-refractivity contribution < 1.29 is 4.79 Å². The number of aryl methyl sites for hydroxylation is 1. The largest absolute Gasteiger partial charge is 0.355 e. The Bertz CT molecular complexity index is 642. The second-order valence-corrected chi connectivity index (χ2v) is 7.54. The summed E-state index contributed by atoms with van der Waals surface area (Å²) in [7, 11) is 1.78. The van der Waals surface area contributed by atoms with Gasteiger partial charge in [0, 0.05) is 51.6 Å². The van der Waals surface area contributed by atoms with E-state index in [-0.39, 0.29) is 35.9 Å². The summed E-state index contributed by atoms with van der Waals surface area (Å²) in [5.74, 6) is 2.40. The van der Waals surface area contributed by atoms with Crippen molar-refractivity contribution in [1.29, 1.82) is 0 Å². The molecule has 0 radical (unpaired) electrons. The van der Waals surface area contributed by atoms with Gasteiger partial charge in [-0.1, -0.05) is 26.2 Å². The topological polar surface area (TPSA) is 87.4 Å². The fraction of sp³-hybridized carbons (Fsp3) is 0.789. The van der Waals surface area contributed by atoms with Gasteiger partial charge in [0.1, 0.15) is 12.2 Å². The predicted octanol–water partition coefficient (Wildman–Crippen LogP) is 1.80. The van der Waals surface area contributed by atoms with Crippen molar-refractivity contribution >= 4 is 35.8 Å². The Hall–Kier alpha value is -1.39. The highest BCUT2D eigenvalue weighted by atomic mass is 127. The first kappa shape index (κ1) is 22.9. The molecule has 2 aliphatic rings. The number of nitrogens with one attached hydrogen (secondary N) is 2. The molecule has 1 atom stereocenters. The van der Waals surface area contributed by atoms with Gasteiger partial charge in [0.25, 0.3) is 0 Å². The number of aromatic nitrogens is 3. The number of rotatable bonds is 6. The minimum absolute atomic E-state index is 0. The molecule has 9 heteroatoms. The van der Waals surface area contributed by atoms with Gasteiger partial charge in [0.05, 0.1) is 0 Å². The van der Waals surface area contributed by atoms with Gasteiger partial charge in [-0.3, -0.25) is 9.79 Å². The summed E-state index contributed by atoms with van der Waals surface area (Å²) >= 11 is 0. The van der Waals surface area contributed by atoms with Crippen LogP contribution in [0.25, 0.3) is 0 Å². The van der Waals surface area contributed by atoms with Gasteiger partial charge in [-0.2, -0.15) is 0 Å². The molecule has 2 N–H and O–H groups in total. The minimum Gasteiger partial charge on any atom is -0.355 e. The van der Waals surface area contributed by atoms with Crippen molar-refractivity contribution in [2.75, 3.05) is 26.7 Å². The molecule has 1 aliphatic heterocycles. The van der Waals surface area contributed by atoms with E-state index in [9.17, 15) is 4.79 Å². The molecule has 1 aliphatic carbocycles. The monoisotopic (exact) mass is 503 g/mol. The predicted molar refractivity (Wildman–Crippen MR) is 121 cm³/mol. The highest BCUT2D eigenvalue weighted by Gasteiger charge is 2.31. The first-order valence-electron chi connectivity index (χ1n) is 10.3. The second-order valence-electron chi connectivity index (χ2n) is 7.54. The average Bonchev–Trinajstić information content (AvgIpc) is 3.36. The molecule has 1 aromatic rings. The van der Waals surface area contributed by atoms with Crippen LogP contribution in [-0.4, -0.2) is 64.3 Å². The summed E-state index contributed by atoms with van der Waals surface area (Å²) in [5, 5.41) is 14.9. The number of hydrogen-bond acceptors (Lipinski definition) is 4. The van der Waals surface area contributed by atoms with Crippen LogP contribution < -0.4 is 10.6 Å². The van der Waals surface area contributed by atoms with E-state index < -0.39 is 0 Å². The van der Waals surface area contributed by atoms with E-state index in [1.54, 1.807) is 13.4 Å². The Morgan fingerprint density at radius 1 is 1.29 bits per heavy atom. The number of aliphatic imine (C=N–C) groups is 1. The molecule has 0 aromatic carbocycles. The van der Waals surface area contributed by atoms with Crippen LogP contribution in [0, 0.1) is 5.92 Å². The maximum Gasteiger partial charge on any atom is 0.225 e. The molecular formula is C19H34IN7O. The fourth-order valence-electron chi connectivity index (χ4n) is 4.11. The van der Waals surface area contributed by atoms with Crippen LogP contribution in [0.3, 0.4) is 0 Å². The summed E-state index contributed by atoms with van der Waals surface area (Å²) in [5.41, 5.74) is 0. The molecule has 1 aromatic heterocycles. The van der Waals surface area contributed by atoms with E-state index in [0.29, 0.717) is 5.91 Å². The normalized spacial score (nSPS) is 20.7. The summed E-state index contributed by atoms with van der Waals surface area (Å²) in [6.45, 7) is 5.26. The molecular weight excluding hydrogens is 469 g/mol. The molecule has 1 saturated heterocycles. The van der Waals surface area contributed by atoms with Crippen molar-refractivity contribution in [3.8, 4) is 0 Å². The van der Waals surface area contributed by atoms with Crippen molar-refractivity contribution in [3.05, 3.63) is 12.2 Å². The van der Waals surface area contributed by atoms with Crippen LogP contribution in [-0.2, 0) is 17.8 Å². The van der Waals surface area contributed by atoms with E-state index in [1.165, 1.54) is 19.3 Å². The fourth-order valence-corrected chi connectivity index (χ4v) is 4.11. The number of halogens is 1. The molecule has 0 spiro atoms. The van der Waals surface area contributed by atoms with E-state index in [4.69, 9.17) is 0 Å². The van der Waals surface area contributed by atoms with Crippen molar-refractivity contribution in [2.45, 2.75) is 64.5 Å². The van der Waals surface area contributed by atoms with Crippen LogP contribution in [0.5, 0.6) is 0 Å². The van der Waals surface area contributed by atoms with E-state index in [2.05, 4.69) is 37.3 Å². The van der Waals surface area contributed by atoms with Crippen LogP contribution in [0.1, 0.15) is 51.3 Å². The lowest BCUT2D eigenvalue weighted by Crippen LogP contribution is -2.46. The first-order chi connectivity index (χ1) is 13.2. The number of carbonyl (C=O) groups is 1. The standard InChI is InChI=1S/C19H33N7O.HI/c1-3-17-24-22-14-26(17)12-10-21-19(20-2)23-16-9-11-25(13-16)18(27)15-7-5-4-6-8-15;/h14-16H,3-13H2,1-2H3,(H2,20,21,23);1H. The van der Waals surface area contributed by atoms with Crippen LogP contribution in [0.4, 0.5) is 0 Å². The number of nitrogens with zero attached hydrogens (tertiary/aromatic N) is 5. The van der Waals surface area contributed by atoms with Crippen LogP contribution in [0.2, 0.25) is 0 Å². The Balaban J connectivity index is 0.00000280. The molecule has 2 heterocycles. The Labute approximate surface area is 185 Å². The molecule has 1 saturated carbocycles. The number of carbonyl (C=O) groups excluding carboxylic acids is 1. The van der Waals surface area contributed by atoms with Gasteiger partial charge in [-0.05, 0) is 19.3 Å². The third-order valence-electron chi connectivity index (χ3n) is 5.68. The number of guanidine groups is 1. The maximum absolute atomic E-state index is 12.7. The van der Waals surface area contributed by atoms with Crippen LogP contribution in [0.15, 0.2) is 11.3 Å². The SMILES string of the molecule is CCc1nncn1CCNC(=NC)NC1CCN(C(=O)C2CCCCC2)C1.I. The third kappa shape index (κ3) is 6.05. The first-order valence-corrected chi connectivity index (χ1v) is 10.3. The zero-order valence-corrected chi connectivity index (χ0v) is 19.4. The molecule has 28 heavy (non-hydrogen) atoms. The second kappa shape index (κ2) is 11.6. The summed E-state index contributed by atoms with van der Waals surface area (Å²) in [6.07, 6.45) is 9.44. The summed E-state index contributed by atoms with van der Waals surface area (Å²) in [4.78, 5) is 19.1. The van der Waals surface area contributed by atoms with Gasteiger partial charge < -0.3 is 20.1 Å². The lowest BCUT2D eigenvalue weighted by atomic mass is 9.88. The van der Waals surface area contributed by atoms with Crippen molar-refractivity contribution in [1.82, 2.24) is 30.3 Å². The van der Waals surface area contributed by atoms with Gasteiger partial charge in [0.15, 0.2) is 5.96 Å². The molecule has 8 nitrogen and oxygen atoms in total. The highest BCUT2D eigenvalue weighted by Crippen LogP contribution is 2.26. The highest BCUT2D eigenvalue weighted by molar-refractivity contribution is 14.0. The smallest absolute Gasteiger partial charge is 0.225 e. The molecule has 3 rings (SSSR count). The van der Waals surface area contributed by atoms with Gasteiger partial charge in [-0.25, -0.2) is 0 Å². The zero-order valence-electron chi connectivity index (χ0n) is 17.1. The van der Waals surface area contributed by atoms with Crippen LogP contribution >= 0.6 is 24.0 Å². The summed E-state index contributed by atoms with van der Waals surface area (Å²) < 4.78 is 2.06.